The van der Waals surface area contributed by atoms with Gasteiger partial charge in [0.25, 0.3) is 5.89 Å². The molecule has 1 aromatic carbocycles. The van der Waals surface area contributed by atoms with E-state index in [4.69, 9.17) is 8.94 Å². The molecule has 1 atom stereocenters. The summed E-state index contributed by atoms with van der Waals surface area (Å²) in [6, 6.07) is 5.93. The Morgan fingerprint density at radius 3 is 2.69 bits per heavy atom. The number of carbonyl (C=O) groups is 1. The number of amides is 1. The summed E-state index contributed by atoms with van der Waals surface area (Å²) in [7, 11) is 0. The van der Waals surface area contributed by atoms with E-state index in [0.717, 1.165) is 12.8 Å². The number of aromatic nitrogens is 3. The zero-order valence-electron chi connectivity index (χ0n) is 16.7. The molecule has 29 heavy (non-hydrogen) atoms. The molecule has 152 valence electrons. The summed E-state index contributed by atoms with van der Waals surface area (Å²) in [5.41, 5.74) is 0.468. The molecule has 3 heterocycles. The molecule has 0 spiro atoms. The highest BCUT2D eigenvalue weighted by Crippen LogP contribution is 2.29. The van der Waals surface area contributed by atoms with Gasteiger partial charge in [-0.1, -0.05) is 25.9 Å². The number of hydrogen-bond acceptors (Lipinski definition) is 6. The van der Waals surface area contributed by atoms with Crippen LogP contribution in [-0.2, 0) is 5.41 Å². The second kappa shape index (κ2) is 7.42. The van der Waals surface area contributed by atoms with Crippen molar-refractivity contribution in [1.29, 1.82) is 0 Å². The molecule has 1 unspecified atom stereocenters. The van der Waals surface area contributed by atoms with Crippen LogP contribution in [0.1, 0.15) is 61.9 Å². The average Bonchev–Trinajstić information content (AvgIpc) is 3.38. The first kappa shape index (κ1) is 19.3. The van der Waals surface area contributed by atoms with Crippen molar-refractivity contribution < 1.29 is 18.1 Å². The summed E-state index contributed by atoms with van der Waals surface area (Å²) in [6.45, 7) is 7.10. The first-order chi connectivity index (χ1) is 13.8. The van der Waals surface area contributed by atoms with Crippen molar-refractivity contribution in [2.24, 2.45) is 0 Å². The fourth-order valence-corrected chi connectivity index (χ4v) is 3.34. The van der Waals surface area contributed by atoms with Gasteiger partial charge in [0.05, 0.1) is 12.1 Å². The third kappa shape index (κ3) is 4.06. The van der Waals surface area contributed by atoms with Crippen LogP contribution < -0.4 is 0 Å². The van der Waals surface area contributed by atoms with E-state index in [9.17, 15) is 9.18 Å². The van der Waals surface area contributed by atoms with E-state index in [-0.39, 0.29) is 28.9 Å². The van der Waals surface area contributed by atoms with E-state index in [2.05, 4.69) is 15.1 Å². The number of rotatable bonds is 3. The van der Waals surface area contributed by atoms with Crippen molar-refractivity contribution in [3.8, 4) is 11.4 Å². The standard InChI is InChI=1S/C21H23FN4O3/c1-21(2,3)16-11-23-19(28-16)20(27)26-10-4-5-14(12-26)18-24-17(25-29-18)13-6-8-15(22)9-7-13/h6-9,11,14H,4-5,10,12H2,1-3H3. The minimum absolute atomic E-state index is 0.0635. The smallest absolute Gasteiger partial charge is 0.309 e. The predicted octanol–water partition coefficient (Wildman–Crippen LogP) is 4.18. The molecule has 0 bridgehead atoms. The van der Waals surface area contributed by atoms with Crippen molar-refractivity contribution in [2.75, 3.05) is 13.1 Å². The van der Waals surface area contributed by atoms with Crippen LogP contribution in [0.3, 0.4) is 0 Å². The SMILES string of the molecule is CC(C)(C)c1cnc(C(=O)N2CCCC(c3nc(-c4ccc(F)cc4)no3)C2)o1. The molecule has 7 nitrogen and oxygen atoms in total. The van der Waals surface area contributed by atoms with Crippen LogP contribution in [0.15, 0.2) is 39.4 Å². The maximum Gasteiger partial charge on any atom is 0.309 e. The molecular weight excluding hydrogens is 375 g/mol. The summed E-state index contributed by atoms with van der Waals surface area (Å²) >= 11 is 0. The van der Waals surface area contributed by atoms with Gasteiger partial charge in [-0.25, -0.2) is 9.37 Å². The van der Waals surface area contributed by atoms with E-state index in [1.165, 1.54) is 12.1 Å². The molecule has 3 aromatic rings. The van der Waals surface area contributed by atoms with E-state index >= 15 is 0 Å². The molecule has 4 rings (SSSR count). The number of likely N-dealkylation sites (tertiary alicyclic amines) is 1. The Labute approximate surface area is 167 Å². The number of hydrogen-bond donors (Lipinski definition) is 0. The predicted molar refractivity (Wildman–Crippen MR) is 103 cm³/mol. The van der Waals surface area contributed by atoms with Crippen LogP contribution in [0.4, 0.5) is 4.39 Å². The van der Waals surface area contributed by atoms with E-state index in [0.29, 0.717) is 36.1 Å². The van der Waals surface area contributed by atoms with Gasteiger partial charge < -0.3 is 13.8 Å². The van der Waals surface area contributed by atoms with E-state index in [1.54, 1.807) is 23.2 Å². The summed E-state index contributed by atoms with van der Waals surface area (Å²) in [5, 5.41) is 4.01. The molecule has 1 saturated heterocycles. The van der Waals surface area contributed by atoms with Crippen molar-refractivity contribution in [3.05, 3.63) is 53.8 Å². The molecule has 0 N–H and O–H groups in total. The molecular formula is C21H23FN4O3. The summed E-state index contributed by atoms with van der Waals surface area (Å²) < 4.78 is 24.2. The van der Waals surface area contributed by atoms with Crippen LogP contribution in [0.25, 0.3) is 11.4 Å². The van der Waals surface area contributed by atoms with Gasteiger partial charge >= 0.3 is 5.91 Å². The monoisotopic (exact) mass is 398 g/mol. The minimum atomic E-state index is -0.319. The van der Waals surface area contributed by atoms with Crippen molar-refractivity contribution in [3.63, 3.8) is 0 Å². The Hall–Kier alpha value is -3.03. The zero-order valence-corrected chi connectivity index (χ0v) is 16.7. The summed E-state index contributed by atoms with van der Waals surface area (Å²) in [5.74, 6) is 1.05. The molecule has 0 radical (unpaired) electrons. The fraction of sp³-hybridized carbons (Fsp3) is 0.429. The van der Waals surface area contributed by atoms with Crippen molar-refractivity contribution in [1.82, 2.24) is 20.0 Å². The highest BCUT2D eigenvalue weighted by Gasteiger charge is 2.32. The topological polar surface area (TPSA) is 85.3 Å². The number of piperidine rings is 1. The molecule has 1 aliphatic heterocycles. The Bertz CT molecular complexity index is 1000. The number of nitrogens with zero attached hydrogens (tertiary/aromatic N) is 4. The third-order valence-electron chi connectivity index (χ3n) is 5.03. The second-order valence-corrected chi connectivity index (χ2v) is 8.33. The van der Waals surface area contributed by atoms with Gasteiger partial charge in [-0.05, 0) is 37.1 Å². The third-order valence-corrected chi connectivity index (χ3v) is 5.03. The lowest BCUT2D eigenvalue weighted by Gasteiger charge is -2.30. The molecule has 0 saturated carbocycles. The number of carbonyl (C=O) groups excluding carboxylic acids is 1. The average molecular weight is 398 g/mol. The van der Waals surface area contributed by atoms with Crippen LogP contribution in [0.2, 0.25) is 0 Å². The minimum Gasteiger partial charge on any atom is -0.437 e. The van der Waals surface area contributed by atoms with Crippen LogP contribution in [0, 0.1) is 5.82 Å². The Morgan fingerprint density at radius 2 is 2.00 bits per heavy atom. The molecule has 1 fully saturated rings. The number of halogens is 1. The van der Waals surface area contributed by atoms with Gasteiger partial charge in [0.1, 0.15) is 11.6 Å². The fourth-order valence-electron chi connectivity index (χ4n) is 3.34. The van der Waals surface area contributed by atoms with Crippen LogP contribution >= 0.6 is 0 Å². The Morgan fingerprint density at radius 1 is 1.24 bits per heavy atom. The highest BCUT2D eigenvalue weighted by molar-refractivity contribution is 5.89. The van der Waals surface area contributed by atoms with Gasteiger partial charge in [-0.15, -0.1) is 0 Å². The van der Waals surface area contributed by atoms with Gasteiger partial charge in [0.15, 0.2) is 0 Å². The summed E-state index contributed by atoms with van der Waals surface area (Å²) in [6.07, 6.45) is 3.27. The lowest BCUT2D eigenvalue weighted by Crippen LogP contribution is -2.39. The van der Waals surface area contributed by atoms with Gasteiger partial charge in [0, 0.05) is 24.1 Å². The van der Waals surface area contributed by atoms with E-state index < -0.39 is 0 Å². The van der Waals surface area contributed by atoms with Gasteiger partial charge in [-0.3, -0.25) is 4.79 Å². The normalized spacial score (nSPS) is 17.5. The Kier molecular flexibility index (Phi) is 4.94. The van der Waals surface area contributed by atoms with E-state index in [1.807, 2.05) is 20.8 Å². The van der Waals surface area contributed by atoms with Gasteiger partial charge in [-0.2, -0.15) is 4.98 Å². The molecule has 2 aromatic heterocycles. The second-order valence-electron chi connectivity index (χ2n) is 8.33. The lowest BCUT2D eigenvalue weighted by molar-refractivity contribution is 0.0652. The maximum atomic E-state index is 13.1. The summed E-state index contributed by atoms with van der Waals surface area (Å²) in [4.78, 5) is 23.2. The molecule has 1 amide bonds. The molecule has 8 heteroatoms. The quantitative estimate of drug-likeness (QED) is 0.658. The van der Waals surface area contributed by atoms with Crippen molar-refractivity contribution >= 4 is 5.91 Å². The maximum absolute atomic E-state index is 13.1. The Balaban J connectivity index is 1.48. The zero-order chi connectivity index (χ0) is 20.6. The largest absolute Gasteiger partial charge is 0.437 e. The van der Waals surface area contributed by atoms with Crippen molar-refractivity contribution in [2.45, 2.75) is 44.9 Å². The molecule has 1 aliphatic rings. The first-order valence-electron chi connectivity index (χ1n) is 9.66. The van der Waals surface area contributed by atoms with Gasteiger partial charge in [0.2, 0.25) is 11.7 Å². The van der Waals surface area contributed by atoms with Crippen LogP contribution in [0.5, 0.6) is 0 Å². The first-order valence-corrected chi connectivity index (χ1v) is 9.66. The van der Waals surface area contributed by atoms with Crippen LogP contribution in [-0.4, -0.2) is 39.0 Å². The number of benzene rings is 1. The lowest BCUT2D eigenvalue weighted by atomic mass is 9.94. The molecule has 0 aliphatic carbocycles. The number of oxazole rings is 1. The highest BCUT2D eigenvalue weighted by atomic mass is 19.1.